The Labute approximate surface area is 120 Å². The van der Waals surface area contributed by atoms with Gasteiger partial charge in [-0.25, -0.2) is 0 Å². The highest BCUT2D eigenvalue weighted by Crippen LogP contribution is 2.35. The normalized spacial score (nSPS) is 30.1. The lowest BCUT2D eigenvalue weighted by Gasteiger charge is -2.39. The van der Waals surface area contributed by atoms with Crippen molar-refractivity contribution in [3.8, 4) is 0 Å². The summed E-state index contributed by atoms with van der Waals surface area (Å²) in [6, 6.07) is 10.5. The number of carbonyl (C=O) groups excluding carboxylic acids is 1. The Hall–Kier alpha value is -1.39. The minimum Gasteiger partial charge on any atom is -0.368 e. The molecule has 1 aromatic rings. The molecule has 4 nitrogen and oxygen atoms in total. The van der Waals surface area contributed by atoms with E-state index >= 15 is 0 Å². The number of hydrogen-bond acceptors (Lipinski definition) is 3. The second-order valence-electron chi connectivity index (χ2n) is 5.97. The molecule has 0 spiro atoms. The van der Waals surface area contributed by atoms with Crippen LogP contribution in [0.4, 0.5) is 0 Å². The first-order valence-corrected chi connectivity index (χ1v) is 7.55. The van der Waals surface area contributed by atoms with Gasteiger partial charge in [0.1, 0.15) is 5.54 Å². The van der Waals surface area contributed by atoms with E-state index in [1.165, 1.54) is 18.4 Å². The zero-order chi connectivity index (χ0) is 14.0. The summed E-state index contributed by atoms with van der Waals surface area (Å²) in [7, 11) is 0. The first kappa shape index (κ1) is 13.6. The van der Waals surface area contributed by atoms with Crippen LogP contribution in [-0.4, -0.2) is 35.5 Å². The van der Waals surface area contributed by atoms with Gasteiger partial charge in [-0.2, -0.15) is 0 Å². The van der Waals surface area contributed by atoms with E-state index in [1.54, 1.807) is 0 Å². The standard InChI is InChI=1S/C16H23N3O/c17-15(20)16(18-12-13-6-2-1-3-7-13)9-11-19-10-5-4-8-14(16)19/h1-3,6-7,14,18H,4-5,8-12H2,(H2,17,20). The molecule has 0 aliphatic carbocycles. The number of rotatable bonds is 4. The van der Waals surface area contributed by atoms with Gasteiger partial charge in [-0.15, -0.1) is 0 Å². The Balaban J connectivity index is 1.77. The molecule has 0 aromatic heterocycles. The Morgan fingerprint density at radius 1 is 1.30 bits per heavy atom. The number of piperidine rings is 1. The number of nitrogens with two attached hydrogens (primary N) is 1. The smallest absolute Gasteiger partial charge is 0.239 e. The minimum absolute atomic E-state index is 0.192. The van der Waals surface area contributed by atoms with E-state index in [-0.39, 0.29) is 11.9 Å². The number of fused-ring (bicyclic) bond motifs is 1. The molecule has 108 valence electrons. The maximum atomic E-state index is 12.1. The number of carbonyl (C=O) groups is 1. The monoisotopic (exact) mass is 273 g/mol. The van der Waals surface area contributed by atoms with Gasteiger partial charge < -0.3 is 5.73 Å². The molecule has 0 bridgehead atoms. The number of primary amides is 1. The van der Waals surface area contributed by atoms with Crippen LogP contribution in [0.3, 0.4) is 0 Å². The Bertz CT molecular complexity index is 476. The van der Waals surface area contributed by atoms with Crippen LogP contribution in [0.15, 0.2) is 30.3 Å². The largest absolute Gasteiger partial charge is 0.368 e. The summed E-state index contributed by atoms with van der Waals surface area (Å²) in [6.07, 6.45) is 4.35. The van der Waals surface area contributed by atoms with Crippen LogP contribution in [0.1, 0.15) is 31.2 Å². The topological polar surface area (TPSA) is 58.4 Å². The molecule has 2 heterocycles. The summed E-state index contributed by atoms with van der Waals surface area (Å²) in [5.41, 5.74) is 6.43. The second-order valence-corrected chi connectivity index (χ2v) is 5.97. The second kappa shape index (κ2) is 5.54. The summed E-state index contributed by atoms with van der Waals surface area (Å²) < 4.78 is 0. The highest BCUT2D eigenvalue weighted by atomic mass is 16.1. The quantitative estimate of drug-likeness (QED) is 0.868. The van der Waals surface area contributed by atoms with Crippen molar-refractivity contribution in [3.05, 3.63) is 35.9 Å². The fourth-order valence-corrected chi connectivity index (χ4v) is 3.74. The molecule has 4 heteroatoms. The summed E-state index contributed by atoms with van der Waals surface area (Å²) in [5.74, 6) is -0.192. The van der Waals surface area contributed by atoms with Gasteiger partial charge >= 0.3 is 0 Å². The summed E-state index contributed by atoms with van der Waals surface area (Å²) in [5, 5.41) is 3.49. The number of amides is 1. The Morgan fingerprint density at radius 3 is 2.85 bits per heavy atom. The van der Waals surface area contributed by atoms with Crippen molar-refractivity contribution in [1.29, 1.82) is 0 Å². The van der Waals surface area contributed by atoms with Crippen molar-refractivity contribution in [1.82, 2.24) is 10.2 Å². The molecule has 2 saturated heterocycles. The van der Waals surface area contributed by atoms with Crippen LogP contribution < -0.4 is 11.1 Å². The van der Waals surface area contributed by atoms with E-state index in [1.807, 2.05) is 18.2 Å². The van der Waals surface area contributed by atoms with Crippen LogP contribution in [0.2, 0.25) is 0 Å². The lowest BCUT2D eigenvalue weighted by molar-refractivity contribution is -0.126. The molecule has 0 saturated carbocycles. The molecular weight excluding hydrogens is 250 g/mol. The van der Waals surface area contributed by atoms with E-state index in [9.17, 15) is 4.79 Å². The Kier molecular flexibility index (Phi) is 3.76. The average Bonchev–Trinajstić information content (AvgIpc) is 2.87. The Morgan fingerprint density at radius 2 is 2.10 bits per heavy atom. The lowest BCUT2D eigenvalue weighted by Crippen LogP contribution is -2.63. The zero-order valence-corrected chi connectivity index (χ0v) is 11.8. The van der Waals surface area contributed by atoms with Gasteiger partial charge in [-0.3, -0.25) is 15.0 Å². The predicted molar refractivity (Wildman–Crippen MR) is 79.0 cm³/mol. The molecule has 3 N–H and O–H groups in total. The SMILES string of the molecule is NC(=O)C1(NCc2ccccc2)CCN2CCCCC21. The average molecular weight is 273 g/mol. The third-order valence-corrected chi connectivity index (χ3v) is 4.87. The van der Waals surface area contributed by atoms with Crippen molar-refractivity contribution < 1.29 is 4.79 Å². The molecule has 1 aromatic carbocycles. The fraction of sp³-hybridized carbons (Fsp3) is 0.562. The van der Waals surface area contributed by atoms with Gasteiger partial charge in [0, 0.05) is 19.1 Å². The first-order valence-electron chi connectivity index (χ1n) is 7.55. The van der Waals surface area contributed by atoms with Crippen molar-refractivity contribution in [3.63, 3.8) is 0 Å². The van der Waals surface area contributed by atoms with E-state index in [0.29, 0.717) is 6.54 Å². The van der Waals surface area contributed by atoms with E-state index in [0.717, 1.165) is 25.9 Å². The maximum Gasteiger partial charge on any atom is 0.239 e. The van der Waals surface area contributed by atoms with Gasteiger partial charge in [0.25, 0.3) is 0 Å². The van der Waals surface area contributed by atoms with Crippen molar-refractivity contribution in [2.24, 2.45) is 5.73 Å². The molecular formula is C16H23N3O. The number of nitrogens with zero attached hydrogens (tertiary/aromatic N) is 1. The summed E-state index contributed by atoms with van der Waals surface area (Å²) in [4.78, 5) is 14.6. The van der Waals surface area contributed by atoms with Crippen LogP contribution >= 0.6 is 0 Å². The zero-order valence-electron chi connectivity index (χ0n) is 11.8. The van der Waals surface area contributed by atoms with Crippen molar-refractivity contribution in [2.45, 2.75) is 43.8 Å². The minimum atomic E-state index is -0.545. The molecule has 2 fully saturated rings. The fourth-order valence-electron chi connectivity index (χ4n) is 3.74. The van der Waals surface area contributed by atoms with Crippen LogP contribution in [-0.2, 0) is 11.3 Å². The van der Waals surface area contributed by atoms with Crippen LogP contribution in [0.25, 0.3) is 0 Å². The van der Waals surface area contributed by atoms with Gasteiger partial charge in [0.15, 0.2) is 0 Å². The van der Waals surface area contributed by atoms with Crippen LogP contribution in [0, 0.1) is 0 Å². The highest BCUT2D eigenvalue weighted by Gasteiger charge is 2.51. The third-order valence-electron chi connectivity index (χ3n) is 4.87. The predicted octanol–water partition coefficient (Wildman–Crippen LogP) is 1.26. The molecule has 2 atom stereocenters. The molecule has 1 amide bonds. The number of benzene rings is 1. The molecule has 20 heavy (non-hydrogen) atoms. The molecule has 2 unspecified atom stereocenters. The van der Waals surface area contributed by atoms with Gasteiger partial charge in [0.05, 0.1) is 0 Å². The first-order chi connectivity index (χ1) is 9.72. The van der Waals surface area contributed by atoms with E-state index in [4.69, 9.17) is 5.73 Å². The van der Waals surface area contributed by atoms with E-state index in [2.05, 4.69) is 22.3 Å². The summed E-state index contributed by atoms with van der Waals surface area (Å²) in [6.45, 7) is 2.79. The van der Waals surface area contributed by atoms with Gasteiger partial charge in [-0.05, 0) is 31.4 Å². The van der Waals surface area contributed by atoms with E-state index < -0.39 is 5.54 Å². The number of hydrogen-bond donors (Lipinski definition) is 2. The maximum absolute atomic E-state index is 12.1. The third kappa shape index (κ3) is 2.34. The summed E-state index contributed by atoms with van der Waals surface area (Å²) >= 11 is 0. The number of nitrogens with one attached hydrogen (secondary N) is 1. The van der Waals surface area contributed by atoms with Gasteiger partial charge in [0.2, 0.25) is 5.91 Å². The van der Waals surface area contributed by atoms with Crippen molar-refractivity contribution >= 4 is 5.91 Å². The lowest BCUT2D eigenvalue weighted by atomic mass is 9.84. The molecule has 2 aliphatic rings. The molecule has 2 aliphatic heterocycles. The van der Waals surface area contributed by atoms with Crippen LogP contribution in [0.5, 0.6) is 0 Å². The molecule has 3 rings (SSSR count). The van der Waals surface area contributed by atoms with Gasteiger partial charge in [-0.1, -0.05) is 36.8 Å². The van der Waals surface area contributed by atoms with Crippen molar-refractivity contribution in [2.75, 3.05) is 13.1 Å². The molecule has 0 radical (unpaired) electrons. The highest BCUT2D eigenvalue weighted by molar-refractivity contribution is 5.86.